The molecule has 2 rings (SSSR count). The third-order valence-corrected chi connectivity index (χ3v) is 3.92. The van der Waals surface area contributed by atoms with E-state index in [4.69, 9.17) is 4.74 Å². The first-order chi connectivity index (χ1) is 10.0. The zero-order valence-electron chi connectivity index (χ0n) is 12.2. The molecule has 1 aromatic carbocycles. The summed E-state index contributed by atoms with van der Waals surface area (Å²) in [6.07, 6.45) is -1.56. The Morgan fingerprint density at radius 3 is 2.62 bits per heavy atom. The van der Waals surface area contributed by atoms with Gasteiger partial charge in [-0.1, -0.05) is 19.1 Å². The van der Waals surface area contributed by atoms with Crippen molar-refractivity contribution in [2.24, 2.45) is 5.92 Å². The average Bonchev–Trinajstić information content (AvgIpc) is 2.48. The predicted octanol–water partition coefficient (Wildman–Crippen LogP) is 4.17. The second-order valence-electron chi connectivity index (χ2n) is 5.50. The summed E-state index contributed by atoms with van der Waals surface area (Å²) >= 11 is 0. The fourth-order valence-electron chi connectivity index (χ4n) is 2.81. The number of hydrogen-bond acceptors (Lipinski definition) is 2. The van der Waals surface area contributed by atoms with Gasteiger partial charge in [0.2, 0.25) is 0 Å². The van der Waals surface area contributed by atoms with Crippen molar-refractivity contribution < 1.29 is 17.9 Å². The Kier molecular flexibility index (Phi) is 5.65. The number of alkyl halides is 3. The molecule has 1 aliphatic rings. The van der Waals surface area contributed by atoms with Crippen LogP contribution in [0.5, 0.6) is 0 Å². The highest BCUT2D eigenvalue weighted by Gasteiger charge is 2.32. The average molecular weight is 301 g/mol. The number of ether oxygens (including phenoxy) is 1. The van der Waals surface area contributed by atoms with Crippen LogP contribution >= 0.6 is 0 Å². The lowest BCUT2D eigenvalue weighted by molar-refractivity contribution is -0.137. The minimum atomic E-state index is -4.29. The fourth-order valence-corrected chi connectivity index (χ4v) is 2.81. The van der Waals surface area contributed by atoms with Crippen molar-refractivity contribution in [2.45, 2.75) is 38.4 Å². The molecule has 1 aliphatic heterocycles. The van der Waals surface area contributed by atoms with E-state index < -0.39 is 11.7 Å². The van der Waals surface area contributed by atoms with Gasteiger partial charge in [-0.2, -0.15) is 13.2 Å². The monoisotopic (exact) mass is 301 g/mol. The van der Waals surface area contributed by atoms with E-state index in [9.17, 15) is 13.2 Å². The van der Waals surface area contributed by atoms with Crippen molar-refractivity contribution in [2.75, 3.05) is 19.8 Å². The summed E-state index contributed by atoms with van der Waals surface area (Å²) in [5.74, 6) is 0.328. The molecule has 5 heteroatoms. The number of hydrogen-bond donors (Lipinski definition) is 1. The maximum absolute atomic E-state index is 12.9. The summed E-state index contributed by atoms with van der Waals surface area (Å²) in [5, 5.41) is 3.41. The van der Waals surface area contributed by atoms with E-state index in [-0.39, 0.29) is 6.04 Å². The number of rotatable bonds is 5. The highest BCUT2D eigenvalue weighted by atomic mass is 19.4. The van der Waals surface area contributed by atoms with Gasteiger partial charge >= 0.3 is 6.18 Å². The van der Waals surface area contributed by atoms with Crippen LogP contribution in [0.4, 0.5) is 13.2 Å². The van der Waals surface area contributed by atoms with E-state index in [1.807, 2.05) is 0 Å². The number of benzene rings is 1. The van der Waals surface area contributed by atoms with Crippen molar-refractivity contribution in [3.05, 3.63) is 35.4 Å². The fraction of sp³-hybridized carbons (Fsp3) is 0.625. The summed E-state index contributed by atoms with van der Waals surface area (Å²) in [6.45, 7) is 4.24. The van der Waals surface area contributed by atoms with Gasteiger partial charge in [-0.25, -0.2) is 0 Å². The summed E-state index contributed by atoms with van der Waals surface area (Å²) in [6, 6.07) is 5.67. The lowest BCUT2D eigenvalue weighted by Gasteiger charge is -2.31. The van der Waals surface area contributed by atoms with Crippen molar-refractivity contribution in [3.8, 4) is 0 Å². The molecule has 0 amide bonds. The molecule has 0 spiro atoms. The molecule has 1 fully saturated rings. The van der Waals surface area contributed by atoms with Crippen LogP contribution in [0.1, 0.15) is 43.4 Å². The molecule has 0 radical (unpaired) electrons. The van der Waals surface area contributed by atoms with E-state index in [0.717, 1.165) is 37.4 Å². The van der Waals surface area contributed by atoms with Crippen LogP contribution in [-0.4, -0.2) is 19.8 Å². The van der Waals surface area contributed by atoms with E-state index in [1.165, 1.54) is 12.1 Å². The first-order valence-electron chi connectivity index (χ1n) is 7.50. The molecule has 1 saturated heterocycles. The molecule has 1 unspecified atom stereocenters. The second kappa shape index (κ2) is 7.27. The Labute approximate surface area is 123 Å². The largest absolute Gasteiger partial charge is 0.416 e. The molecule has 21 heavy (non-hydrogen) atoms. The molecule has 118 valence electrons. The Bertz CT molecular complexity index is 441. The van der Waals surface area contributed by atoms with Crippen LogP contribution in [0, 0.1) is 5.92 Å². The van der Waals surface area contributed by atoms with Crippen LogP contribution in [0.3, 0.4) is 0 Å². The zero-order valence-corrected chi connectivity index (χ0v) is 12.2. The Hall–Kier alpha value is -1.07. The Balaban J connectivity index is 2.22. The van der Waals surface area contributed by atoms with E-state index in [2.05, 4.69) is 12.2 Å². The third kappa shape index (κ3) is 4.45. The highest BCUT2D eigenvalue weighted by molar-refractivity contribution is 5.28. The van der Waals surface area contributed by atoms with Gasteiger partial charge in [0.05, 0.1) is 5.56 Å². The summed E-state index contributed by atoms with van der Waals surface area (Å²) in [5.41, 5.74) is 0.153. The highest BCUT2D eigenvalue weighted by Crippen LogP contribution is 2.34. The normalized spacial score (nSPS) is 18.7. The first-order valence-corrected chi connectivity index (χ1v) is 7.50. The lowest BCUT2D eigenvalue weighted by Crippen LogP contribution is -2.32. The topological polar surface area (TPSA) is 21.3 Å². The molecule has 0 bridgehead atoms. The van der Waals surface area contributed by atoms with Crippen LogP contribution < -0.4 is 5.32 Å². The quantitative estimate of drug-likeness (QED) is 0.881. The predicted molar refractivity (Wildman–Crippen MR) is 76.0 cm³/mol. The number of halogens is 3. The maximum atomic E-state index is 12.9. The molecule has 1 N–H and O–H groups in total. The van der Waals surface area contributed by atoms with Gasteiger partial charge in [-0.05, 0) is 49.4 Å². The minimum absolute atomic E-state index is 0.0313. The van der Waals surface area contributed by atoms with Gasteiger partial charge in [0.1, 0.15) is 0 Å². The first kappa shape index (κ1) is 16.3. The molecule has 1 aromatic rings. The minimum Gasteiger partial charge on any atom is -0.381 e. The molecule has 1 atom stereocenters. The van der Waals surface area contributed by atoms with Gasteiger partial charge in [-0.15, -0.1) is 0 Å². The van der Waals surface area contributed by atoms with Gasteiger partial charge < -0.3 is 10.1 Å². The summed E-state index contributed by atoms with van der Waals surface area (Å²) in [4.78, 5) is 0. The van der Waals surface area contributed by atoms with Crippen LogP contribution in [0.2, 0.25) is 0 Å². The van der Waals surface area contributed by atoms with Gasteiger partial charge in [0, 0.05) is 19.3 Å². The Morgan fingerprint density at radius 1 is 1.29 bits per heavy atom. The third-order valence-electron chi connectivity index (χ3n) is 3.92. The molecular formula is C16H22F3NO. The summed E-state index contributed by atoms with van der Waals surface area (Å²) < 4.78 is 44.0. The maximum Gasteiger partial charge on any atom is 0.416 e. The SMILES string of the molecule is CCCNC(c1cccc(C(F)(F)F)c1)C1CCOCC1. The molecule has 1 heterocycles. The number of nitrogens with one attached hydrogen (secondary N) is 1. The Morgan fingerprint density at radius 2 is 2.00 bits per heavy atom. The molecule has 2 nitrogen and oxygen atoms in total. The molecule has 0 aliphatic carbocycles. The van der Waals surface area contributed by atoms with Crippen LogP contribution in [0.15, 0.2) is 24.3 Å². The standard InChI is InChI=1S/C16H22F3NO/c1-2-8-20-15(12-6-9-21-10-7-12)13-4-3-5-14(11-13)16(17,18)19/h3-5,11-12,15,20H,2,6-10H2,1H3. The van der Waals surface area contributed by atoms with Gasteiger partial charge in [0.15, 0.2) is 0 Å². The molecular weight excluding hydrogens is 279 g/mol. The van der Waals surface area contributed by atoms with Crippen molar-refractivity contribution in [1.29, 1.82) is 0 Å². The van der Waals surface area contributed by atoms with Crippen LogP contribution in [-0.2, 0) is 10.9 Å². The van der Waals surface area contributed by atoms with Crippen molar-refractivity contribution in [3.63, 3.8) is 0 Å². The van der Waals surface area contributed by atoms with E-state index in [1.54, 1.807) is 6.07 Å². The van der Waals surface area contributed by atoms with Crippen LogP contribution in [0.25, 0.3) is 0 Å². The zero-order chi connectivity index (χ0) is 15.3. The van der Waals surface area contributed by atoms with Gasteiger partial charge in [0.25, 0.3) is 0 Å². The van der Waals surface area contributed by atoms with E-state index >= 15 is 0 Å². The van der Waals surface area contributed by atoms with E-state index in [0.29, 0.717) is 19.1 Å². The van der Waals surface area contributed by atoms with Crippen molar-refractivity contribution in [1.82, 2.24) is 5.32 Å². The van der Waals surface area contributed by atoms with Gasteiger partial charge in [-0.3, -0.25) is 0 Å². The molecule has 0 saturated carbocycles. The lowest BCUT2D eigenvalue weighted by atomic mass is 9.86. The summed E-state index contributed by atoms with van der Waals surface area (Å²) in [7, 11) is 0. The second-order valence-corrected chi connectivity index (χ2v) is 5.50. The van der Waals surface area contributed by atoms with Crippen molar-refractivity contribution >= 4 is 0 Å². The molecule has 0 aromatic heterocycles. The smallest absolute Gasteiger partial charge is 0.381 e.